The predicted molar refractivity (Wildman–Crippen MR) is 118 cm³/mol. The molecular formula is C24H20F2N4O2. The number of carbonyl (C=O) groups is 1. The maximum atomic E-state index is 13.4. The van der Waals surface area contributed by atoms with Gasteiger partial charge in [-0.15, -0.1) is 0 Å². The van der Waals surface area contributed by atoms with Gasteiger partial charge in [-0.2, -0.15) is 0 Å². The lowest BCUT2D eigenvalue weighted by Gasteiger charge is -2.31. The van der Waals surface area contributed by atoms with Gasteiger partial charge >= 0.3 is 0 Å². The molecule has 0 unspecified atom stereocenters. The summed E-state index contributed by atoms with van der Waals surface area (Å²) in [4.78, 5) is 35.4. The molecule has 0 aliphatic carbocycles. The van der Waals surface area contributed by atoms with Crippen LogP contribution in [0.2, 0.25) is 0 Å². The third-order valence-electron chi connectivity index (χ3n) is 5.97. The van der Waals surface area contributed by atoms with E-state index in [4.69, 9.17) is 0 Å². The van der Waals surface area contributed by atoms with E-state index < -0.39 is 5.92 Å². The van der Waals surface area contributed by atoms with E-state index in [-0.39, 0.29) is 37.4 Å². The number of alkyl halides is 2. The lowest BCUT2D eigenvalue weighted by Crippen LogP contribution is -2.42. The molecule has 1 fully saturated rings. The van der Waals surface area contributed by atoms with E-state index in [0.29, 0.717) is 22.0 Å². The summed E-state index contributed by atoms with van der Waals surface area (Å²) in [5.41, 5.74) is 3.27. The highest BCUT2D eigenvalue weighted by Gasteiger charge is 2.35. The van der Waals surface area contributed by atoms with Crippen molar-refractivity contribution in [2.75, 3.05) is 13.1 Å². The first-order chi connectivity index (χ1) is 15.3. The molecule has 3 heterocycles. The van der Waals surface area contributed by atoms with Crippen LogP contribution in [-0.2, 0) is 7.05 Å². The minimum atomic E-state index is -2.70. The van der Waals surface area contributed by atoms with Crippen LogP contribution in [0, 0.1) is 0 Å². The van der Waals surface area contributed by atoms with Crippen LogP contribution in [0.4, 0.5) is 8.78 Å². The van der Waals surface area contributed by atoms with Crippen molar-refractivity contribution in [2.24, 2.45) is 7.05 Å². The summed E-state index contributed by atoms with van der Waals surface area (Å²) < 4.78 is 28.3. The number of piperidine rings is 1. The first-order valence-electron chi connectivity index (χ1n) is 10.3. The molecule has 0 radical (unpaired) electrons. The smallest absolute Gasteiger partial charge is 0.260 e. The van der Waals surface area contributed by atoms with Crippen LogP contribution in [0.1, 0.15) is 23.2 Å². The third-order valence-corrected chi connectivity index (χ3v) is 5.97. The molecule has 2 aromatic heterocycles. The normalized spacial score (nSPS) is 15.9. The quantitative estimate of drug-likeness (QED) is 0.478. The molecule has 1 amide bonds. The molecular weight excluding hydrogens is 414 g/mol. The molecule has 32 heavy (non-hydrogen) atoms. The fourth-order valence-electron chi connectivity index (χ4n) is 4.11. The van der Waals surface area contributed by atoms with E-state index in [2.05, 4.69) is 9.97 Å². The van der Waals surface area contributed by atoms with Crippen LogP contribution < -0.4 is 5.56 Å². The van der Waals surface area contributed by atoms with Gasteiger partial charge in [0.05, 0.1) is 28.3 Å². The van der Waals surface area contributed by atoms with Crippen molar-refractivity contribution >= 4 is 27.7 Å². The highest BCUT2D eigenvalue weighted by atomic mass is 19.3. The number of fused-ring (bicyclic) bond motifs is 2. The van der Waals surface area contributed by atoms with Crippen molar-refractivity contribution in [3.63, 3.8) is 0 Å². The Bertz CT molecular complexity index is 1420. The summed E-state index contributed by atoms with van der Waals surface area (Å²) >= 11 is 0. The van der Waals surface area contributed by atoms with Gasteiger partial charge in [-0.3, -0.25) is 14.6 Å². The number of benzene rings is 2. The summed E-state index contributed by atoms with van der Waals surface area (Å²) in [6.45, 7) is 0.0704. The number of halogens is 2. The second-order valence-corrected chi connectivity index (χ2v) is 8.14. The van der Waals surface area contributed by atoms with Crippen LogP contribution in [0.15, 0.2) is 59.8 Å². The number of aryl methyl sites for hydroxylation is 1. The third kappa shape index (κ3) is 3.51. The summed E-state index contributed by atoms with van der Waals surface area (Å²) in [5.74, 6) is -2.99. The Balaban J connectivity index is 1.51. The van der Waals surface area contributed by atoms with Gasteiger partial charge in [0.15, 0.2) is 0 Å². The average molecular weight is 434 g/mol. The van der Waals surface area contributed by atoms with E-state index in [0.717, 1.165) is 16.5 Å². The molecule has 0 spiro atoms. The Hall–Kier alpha value is -3.68. The fraction of sp³-hybridized carbons (Fsp3) is 0.250. The second kappa shape index (κ2) is 7.47. The van der Waals surface area contributed by atoms with Gasteiger partial charge in [-0.1, -0.05) is 24.3 Å². The molecule has 4 aromatic rings. The minimum Gasteiger partial charge on any atom is -0.338 e. The van der Waals surface area contributed by atoms with E-state index in [9.17, 15) is 18.4 Å². The Morgan fingerprint density at radius 3 is 2.62 bits per heavy atom. The lowest BCUT2D eigenvalue weighted by molar-refractivity contribution is -0.0494. The number of hydrogen-bond acceptors (Lipinski definition) is 4. The monoisotopic (exact) mass is 434 g/mol. The van der Waals surface area contributed by atoms with E-state index >= 15 is 0 Å². The molecule has 162 valence electrons. The lowest BCUT2D eigenvalue weighted by atomic mass is 9.99. The topological polar surface area (TPSA) is 68.1 Å². The van der Waals surface area contributed by atoms with E-state index in [1.165, 1.54) is 22.0 Å². The van der Waals surface area contributed by atoms with Gasteiger partial charge in [0.1, 0.15) is 0 Å². The Morgan fingerprint density at radius 2 is 1.84 bits per heavy atom. The van der Waals surface area contributed by atoms with Gasteiger partial charge in [0.2, 0.25) is 0 Å². The molecule has 5 rings (SSSR count). The number of carbonyl (C=O) groups excluding carboxylic acids is 1. The Morgan fingerprint density at radius 1 is 1.06 bits per heavy atom. The van der Waals surface area contributed by atoms with Gasteiger partial charge < -0.3 is 9.47 Å². The highest BCUT2D eigenvalue weighted by molar-refractivity contribution is 6.01. The van der Waals surface area contributed by atoms with Crippen molar-refractivity contribution in [3.8, 4) is 11.1 Å². The number of nitrogens with zero attached hydrogens (tertiary/aromatic N) is 4. The highest BCUT2D eigenvalue weighted by Crippen LogP contribution is 2.31. The first-order valence-corrected chi connectivity index (χ1v) is 10.3. The molecule has 8 heteroatoms. The zero-order valence-electron chi connectivity index (χ0n) is 17.4. The standard InChI is InChI=1S/C24H20F2N4O2/c1-29-14-28-20-12-15(5-6-19(20)23(29)32)18-4-2-3-16-11-17(13-27-21(16)18)22(31)30-9-7-24(25,26)8-10-30/h2-6,11-14H,7-10H2,1H3. The molecule has 6 nitrogen and oxygen atoms in total. The summed E-state index contributed by atoms with van der Waals surface area (Å²) in [7, 11) is 1.66. The number of rotatable bonds is 2. The molecule has 1 saturated heterocycles. The number of pyridine rings is 1. The van der Waals surface area contributed by atoms with Gasteiger partial charge in [0, 0.05) is 50.1 Å². The summed E-state index contributed by atoms with van der Waals surface area (Å²) in [6.07, 6.45) is 2.35. The molecule has 0 N–H and O–H groups in total. The van der Waals surface area contributed by atoms with Crippen molar-refractivity contribution in [2.45, 2.75) is 18.8 Å². The number of aromatic nitrogens is 3. The first kappa shape index (κ1) is 20.2. The number of amides is 1. The van der Waals surface area contributed by atoms with Crippen LogP contribution in [0.3, 0.4) is 0 Å². The number of likely N-dealkylation sites (tertiary alicyclic amines) is 1. The maximum Gasteiger partial charge on any atom is 0.260 e. The van der Waals surface area contributed by atoms with E-state index in [1.54, 1.807) is 19.2 Å². The Labute approximate surface area is 182 Å². The van der Waals surface area contributed by atoms with Crippen molar-refractivity contribution in [1.82, 2.24) is 19.4 Å². The predicted octanol–water partition coefficient (Wildman–Crippen LogP) is 4.02. The molecule has 0 atom stereocenters. The Kier molecular flexibility index (Phi) is 4.73. The van der Waals surface area contributed by atoms with Gasteiger partial charge in [0.25, 0.3) is 17.4 Å². The molecule has 1 aliphatic rings. The number of hydrogen-bond donors (Lipinski definition) is 0. The average Bonchev–Trinajstić information content (AvgIpc) is 2.80. The summed E-state index contributed by atoms with van der Waals surface area (Å²) in [6, 6.07) is 12.9. The maximum absolute atomic E-state index is 13.4. The number of para-hydroxylation sites is 1. The molecule has 0 bridgehead atoms. The van der Waals surface area contributed by atoms with Crippen LogP contribution in [-0.4, -0.2) is 44.4 Å². The minimum absolute atomic E-state index is 0.0352. The van der Waals surface area contributed by atoms with Crippen molar-refractivity contribution in [3.05, 3.63) is 70.9 Å². The summed E-state index contributed by atoms with van der Waals surface area (Å²) in [5, 5.41) is 1.31. The largest absolute Gasteiger partial charge is 0.338 e. The van der Waals surface area contributed by atoms with Crippen molar-refractivity contribution < 1.29 is 13.6 Å². The second-order valence-electron chi connectivity index (χ2n) is 8.14. The molecule has 0 saturated carbocycles. The van der Waals surface area contributed by atoms with Crippen LogP contribution in [0.5, 0.6) is 0 Å². The van der Waals surface area contributed by atoms with Gasteiger partial charge in [-0.05, 0) is 23.8 Å². The fourth-order valence-corrected chi connectivity index (χ4v) is 4.11. The zero-order chi connectivity index (χ0) is 22.5. The van der Waals surface area contributed by atoms with Crippen LogP contribution >= 0.6 is 0 Å². The molecule has 1 aliphatic heterocycles. The van der Waals surface area contributed by atoms with Crippen molar-refractivity contribution in [1.29, 1.82) is 0 Å². The molecule has 2 aromatic carbocycles. The van der Waals surface area contributed by atoms with Crippen LogP contribution in [0.25, 0.3) is 32.9 Å². The van der Waals surface area contributed by atoms with Gasteiger partial charge in [-0.25, -0.2) is 13.8 Å². The SMILES string of the molecule is Cn1cnc2cc(-c3cccc4cc(C(=O)N5CCC(F)(F)CC5)cnc34)ccc2c1=O. The van der Waals surface area contributed by atoms with E-state index in [1.807, 2.05) is 30.3 Å². The zero-order valence-corrected chi connectivity index (χ0v) is 17.4.